The Bertz CT molecular complexity index is 1350. The molecule has 0 spiro atoms. The lowest BCUT2D eigenvalue weighted by Gasteiger charge is -2.11. The van der Waals surface area contributed by atoms with E-state index in [1.165, 1.54) is 6.07 Å². The molecule has 0 atom stereocenters. The van der Waals surface area contributed by atoms with Crippen molar-refractivity contribution < 1.29 is 23.7 Å². The lowest BCUT2D eigenvalue weighted by Crippen LogP contribution is -2.04. The maximum atomic E-state index is 10.3. The highest BCUT2D eigenvalue weighted by molar-refractivity contribution is 6.30. The fourth-order valence-corrected chi connectivity index (χ4v) is 3.51. The minimum Gasteiger partial charge on any atom is -0.506 e. The summed E-state index contributed by atoms with van der Waals surface area (Å²) in [4.78, 5) is 4.69. The van der Waals surface area contributed by atoms with E-state index in [-0.39, 0.29) is 5.75 Å². The van der Waals surface area contributed by atoms with Gasteiger partial charge in [0.15, 0.2) is 11.5 Å². The molecule has 4 rings (SSSR count). The predicted molar refractivity (Wildman–Crippen MR) is 124 cm³/mol. The largest absolute Gasteiger partial charge is 0.506 e. The number of halogens is 1. The third kappa shape index (κ3) is 4.36. The van der Waals surface area contributed by atoms with E-state index in [0.717, 1.165) is 10.9 Å². The minimum atomic E-state index is 0.0250. The number of nitrogens with zero attached hydrogens (tertiary/aromatic N) is 1. The van der Waals surface area contributed by atoms with Crippen molar-refractivity contribution in [1.29, 1.82) is 0 Å². The van der Waals surface area contributed by atoms with Gasteiger partial charge in [-0.15, -0.1) is 0 Å². The monoisotopic (exact) mass is 451 g/mol. The first-order valence-corrected chi connectivity index (χ1v) is 10.4. The van der Waals surface area contributed by atoms with Crippen molar-refractivity contribution in [2.24, 2.45) is 4.99 Å². The van der Waals surface area contributed by atoms with E-state index in [9.17, 15) is 5.11 Å². The van der Waals surface area contributed by atoms with Crippen LogP contribution in [0.3, 0.4) is 0 Å². The van der Waals surface area contributed by atoms with Gasteiger partial charge in [-0.3, -0.25) is 0 Å². The summed E-state index contributed by atoms with van der Waals surface area (Å²) in [7, 11) is 3.17. The van der Waals surface area contributed by atoms with Gasteiger partial charge < -0.3 is 23.7 Å². The second-order valence-corrected chi connectivity index (χ2v) is 7.34. The molecule has 0 bridgehead atoms. The number of ether oxygens (including phenoxy) is 3. The Morgan fingerprint density at radius 3 is 2.50 bits per heavy atom. The normalized spacial score (nSPS) is 11.6. The van der Waals surface area contributed by atoms with Crippen LogP contribution < -0.4 is 19.6 Å². The predicted octanol–water partition coefficient (Wildman–Crippen LogP) is 6.11. The molecule has 0 unspecified atom stereocenters. The van der Waals surface area contributed by atoms with Crippen LogP contribution >= 0.6 is 11.6 Å². The molecule has 6 nitrogen and oxygen atoms in total. The summed E-state index contributed by atoms with van der Waals surface area (Å²) in [6.07, 6.45) is 0. The number of aromatic hydroxyl groups is 1. The summed E-state index contributed by atoms with van der Waals surface area (Å²) in [5.41, 5.74) is 1.75. The third-order valence-corrected chi connectivity index (χ3v) is 5.11. The van der Waals surface area contributed by atoms with Crippen LogP contribution in [0.4, 0.5) is 5.69 Å². The van der Waals surface area contributed by atoms with Crippen LogP contribution in [0.15, 0.2) is 70.1 Å². The molecule has 7 heteroatoms. The summed E-state index contributed by atoms with van der Waals surface area (Å²) in [6, 6.07) is 17.6. The van der Waals surface area contributed by atoms with Crippen LogP contribution in [-0.4, -0.2) is 25.9 Å². The van der Waals surface area contributed by atoms with Crippen molar-refractivity contribution in [3.05, 3.63) is 71.0 Å². The van der Waals surface area contributed by atoms with E-state index in [2.05, 4.69) is 4.99 Å². The highest BCUT2D eigenvalue weighted by atomic mass is 35.5. The van der Waals surface area contributed by atoms with Crippen molar-refractivity contribution in [2.45, 2.75) is 6.92 Å². The lowest BCUT2D eigenvalue weighted by molar-refractivity contribution is 0.340. The number of phenols is 1. The Labute approximate surface area is 190 Å². The molecule has 1 heterocycles. The maximum Gasteiger partial charge on any atom is 0.161 e. The number of rotatable bonds is 6. The number of hydrogen-bond donors (Lipinski definition) is 1. The van der Waals surface area contributed by atoms with E-state index in [0.29, 0.717) is 51.3 Å². The Hall–Kier alpha value is -3.64. The molecular weight excluding hydrogens is 430 g/mol. The first-order chi connectivity index (χ1) is 15.5. The average Bonchev–Trinajstić information content (AvgIpc) is 2.81. The zero-order valence-corrected chi connectivity index (χ0v) is 18.6. The first kappa shape index (κ1) is 21.6. The number of methoxy groups -OCH3 is 2. The van der Waals surface area contributed by atoms with Gasteiger partial charge in [-0.1, -0.05) is 11.6 Å². The molecule has 0 aliphatic rings. The fraction of sp³-hybridized carbons (Fsp3) is 0.160. The van der Waals surface area contributed by atoms with Gasteiger partial charge in [-0.25, -0.2) is 4.99 Å². The Morgan fingerprint density at radius 2 is 1.75 bits per heavy atom. The molecule has 0 saturated carbocycles. The van der Waals surface area contributed by atoms with Gasteiger partial charge in [0.25, 0.3) is 0 Å². The fourth-order valence-electron chi connectivity index (χ4n) is 3.34. The molecule has 4 aromatic rings. The number of phenolic OH excluding ortho intramolecular Hbond substituents is 1. The molecule has 0 fully saturated rings. The molecule has 0 saturated heterocycles. The highest BCUT2D eigenvalue weighted by Gasteiger charge is 2.12. The van der Waals surface area contributed by atoms with Crippen LogP contribution in [0.2, 0.25) is 5.02 Å². The van der Waals surface area contributed by atoms with Gasteiger partial charge in [-0.05, 0) is 61.5 Å². The van der Waals surface area contributed by atoms with E-state index in [1.807, 2.05) is 43.3 Å². The van der Waals surface area contributed by atoms with Gasteiger partial charge in [0.2, 0.25) is 0 Å². The third-order valence-electron chi connectivity index (χ3n) is 4.87. The Balaban J connectivity index is 1.98. The number of hydrogen-bond acceptors (Lipinski definition) is 6. The van der Waals surface area contributed by atoms with Crippen molar-refractivity contribution >= 4 is 28.3 Å². The van der Waals surface area contributed by atoms with Crippen molar-refractivity contribution in [3.63, 3.8) is 0 Å². The van der Waals surface area contributed by atoms with Gasteiger partial charge >= 0.3 is 0 Å². The summed E-state index contributed by atoms with van der Waals surface area (Å²) in [5.74, 6) is 2.49. The first-order valence-electron chi connectivity index (χ1n) is 9.98. The van der Waals surface area contributed by atoms with Crippen molar-refractivity contribution in [1.82, 2.24) is 0 Å². The SMILES string of the molecule is CCOc1ccc2oc(-c3ccc(OC)c(OC)c3)cc(=Nc3cc(Cl)ccc3O)c2c1. The Kier molecular flexibility index (Phi) is 6.23. The lowest BCUT2D eigenvalue weighted by atomic mass is 10.1. The van der Waals surface area contributed by atoms with Gasteiger partial charge in [0, 0.05) is 22.0 Å². The molecule has 1 aromatic heterocycles. The van der Waals surface area contributed by atoms with Gasteiger partial charge in [0.1, 0.15) is 28.5 Å². The summed E-state index contributed by atoms with van der Waals surface area (Å²) in [5, 5.41) is 12.1. The average molecular weight is 452 g/mol. The molecule has 164 valence electrons. The van der Waals surface area contributed by atoms with E-state index in [4.69, 9.17) is 30.2 Å². The van der Waals surface area contributed by atoms with Crippen LogP contribution in [0, 0.1) is 0 Å². The van der Waals surface area contributed by atoms with Gasteiger partial charge in [-0.2, -0.15) is 0 Å². The van der Waals surface area contributed by atoms with Gasteiger partial charge in [0.05, 0.1) is 26.2 Å². The summed E-state index contributed by atoms with van der Waals surface area (Å²) >= 11 is 6.12. The van der Waals surface area contributed by atoms with E-state index >= 15 is 0 Å². The number of benzene rings is 3. The van der Waals surface area contributed by atoms with Crippen molar-refractivity contribution in [2.75, 3.05) is 20.8 Å². The molecular formula is C25H22ClNO5. The van der Waals surface area contributed by atoms with Crippen LogP contribution in [0.1, 0.15) is 6.92 Å². The zero-order valence-electron chi connectivity index (χ0n) is 17.9. The quantitative estimate of drug-likeness (QED) is 0.383. The molecule has 0 amide bonds. The van der Waals surface area contributed by atoms with Crippen molar-refractivity contribution in [3.8, 4) is 34.3 Å². The molecule has 0 aliphatic carbocycles. The maximum absolute atomic E-state index is 10.3. The summed E-state index contributed by atoms with van der Waals surface area (Å²) in [6.45, 7) is 2.46. The molecule has 32 heavy (non-hydrogen) atoms. The molecule has 3 aromatic carbocycles. The Morgan fingerprint density at radius 1 is 0.938 bits per heavy atom. The van der Waals surface area contributed by atoms with Crippen LogP contribution in [0.5, 0.6) is 23.0 Å². The smallest absolute Gasteiger partial charge is 0.161 e. The second kappa shape index (κ2) is 9.24. The topological polar surface area (TPSA) is 73.4 Å². The standard InChI is InChI=1S/C25H22ClNO5/c1-4-31-17-7-10-22-18(13-17)19(27-20-12-16(26)6-8-21(20)28)14-24(32-22)15-5-9-23(29-2)25(11-15)30-3/h5-14,28H,4H2,1-3H3. The zero-order chi connectivity index (χ0) is 22.7. The minimum absolute atomic E-state index is 0.0250. The van der Waals surface area contributed by atoms with Crippen LogP contribution in [0.25, 0.3) is 22.3 Å². The highest BCUT2D eigenvalue weighted by Crippen LogP contribution is 2.34. The second-order valence-electron chi connectivity index (χ2n) is 6.90. The van der Waals surface area contributed by atoms with E-state index in [1.54, 1.807) is 32.4 Å². The number of fused-ring (bicyclic) bond motifs is 1. The molecule has 0 aliphatic heterocycles. The summed E-state index contributed by atoms with van der Waals surface area (Å²) < 4.78 is 22.6. The molecule has 0 radical (unpaired) electrons. The molecule has 1 N–H and O–H groups in total. The van der Waals surface area contributed by atoms with Crippen LogP contribution in [-0.2, 0) is 0 Å². The van der Waals surface area contributed by atoms with E-state index < -0.39 is 0 Å².